The van der Waals surface area contributed by atoms with Gasteiger partial charge in [-0.2, -0.15) is 0 Å². The summed E-state index contributed by atoms with van der Waals surface area (Å²) in [5, 5.41) is 16.1. The summed E-state index contributed by atoms with van der Waals surface area (Å²) in [6.07, 6.45) is 3.76. The highest BCUT2D eigenvalue weighted by Gasteiger charge is 2.04. The summed E-state index contributed by atoms with van der Waals surface area (Å²) in [7, 11) is -1.68. The van der Waals surface area contributed by atoms with Gasteiger partial charge in [-0.3, -0.25) is 0 Å². The van der Waals surface area contributed by atoms with E-state index in [-0.39, 0.29) is 0 Å². The van der Waals surface area contributed by atoms with Gasteiger partial charge in [0.1, 0.15) is 0 Å². The van der Waals surface area contributed by atoms with Gasteiger partial charge in [0, 0.05) is 0 Å². The van der Waals surface area contributed by atoms with Crippen LogP contribution in [-0.2, 0) is 4.65 Å². The van der Waals surface area contributed by atoms with E-state index in [2.05, 4.69) is 4.65 Å². The largest absolute Gasteiger partial charge is 0.707 e. The first kappa shape index (κ1) is 7.52. The Morgan fingerprint density at radius 3 is 2.62 bits per heavy atom. The quantitative estimate of drug-likeness (QED) is 0.399. The molecule has 0 spiro atoms. The molecule has 0 aromatic rings. The van der Waals surface area contributed by atoms with Gasteiger partial charge in [-0.05, 0) is 6.42 Å². The fourth-order valence-corrected chi connectivity index (χ4v) is 0.222. The minimum Gasteiger partial charge on any atom is -0.519 e. The molecule has 0 atom stereocenters. The molecule has 0 bridgehead atoms. The summed E-state index contributed by atoms with van der Waals surface area (Å²) in [6.45, 7) is 1.92. The van der Waals surface area contributed by atoms with Crippen LogP contribution in [0.3, 0.4) is 0 Å². The van der Waals surface area contributed by atoms with Crippen LogP contribution in [0.15, 0.2) is 12.3 Å². The van der Waals surface area contributed by atoms with Gasteiger partial charge in [0.25, 0.3) is 0 Å². The lowest BCUT2D eigenvalue weighted by Gasteiger charge is -1.92. The minimum absolute atomic E-state index is 0.826. The minimum atomic E-state index is -1.68. The summed E-state index contributed by atoms with van der Waals surface area (Å²) in [5.74, 6) is 0. The lowest BCUT2D eigenvalue weighted by molar-refractivity contribution is 0.257. The van der Waals surface area contributed by atoms with Crippen molar-refractivity contribution in [1.29, 1.82) is 0 Å². The van der Waals surface area contributed by atoms with Crippen molar-refractivity contribution < 1.29 is 14.7 Å². The lowest BCUT2D eigenvalue weighted by atomic mass is 10.3. The molecule has 0 rings (SSSR count). The smallest absolute Gasteiger partial charge is 0.519 e. The third-order valence-electron chi connectivity index (χ3n) is 0.532. The second-order valence-electron chi connectivity index (χ2n) is 1.24. The molecule has 0 aromatic heterocycles. The molecule has 4 heteroatoms. The molecule has 0 unspecified atom stereocenters. The van der Waals surface area contributed by atoms with Crippen LogP contribution in [0.1, 0.15) is 13.3 Å². The Morgan fingerprint density at radius 1 is 1.62 bits per heavy atom. The van der Waals surface area contributed by atoms with Crippen LogP contribution in [0.2, 0.25) is 0 Å². The molecule has 0 aromatic carbocycles. The van der Waals surface area contributed by atoms with Gasteiger partial charge in [-0.1, -0.05) is 13.0 Å². The van der Waals surface area contributed by atoms with Gasteiger partial charge in [-0.15, -0.1) is 0 Å². The summed E-state index contributed by atoms with van der Waals surface area (Å²) in [5.41, 5.74) is 0. The Bertz CT molecular complexity index is 71.7. The normalized spacial score (nSPS) is 9.88. The molecule has 0 saturated carbocycles. The lowest BCUT2D eigenvalue weighted by Crippen LogP contribution is -2.12. The molecule has 0 radical (unpaired) electrons. The third kappa shape index (κ3) is 5.52. The van der Waals surface area contributed by atoms with E-state index in [0.29, 0.717) is 0 Å². The van der Waals surface area contributed by atoms with E-state index in [1.807, 2.05) is 6.92 Å². The van der Waals surface area contributed by atoms with Gasteiger partial charge >= 0.3 is 7.32 Å². The Morgan fingerprint density at radius 2 is 2.25 bits per heavy atom. The number of allylic oxidation sites excluding steroid dienone is 1. The van der Waals surface area contributed by atoms with Crippen LogP contribution < -0.4 is 0 Å². The van der Waals surface area contributed by atoms with Crippen LogP contribution in [0.4, 0.5) is 0 Å². The van der Waals surface area contributed by atoms with E-state index in [0.717, 1.165) is 6.42 Å². The first-order chi connectivity index (χ1) is 3.77. The van der Waals surface area contributed by atoms with Gasteiger partial charge in [-0.25, -0.2) is 0 Å². The van der Waals surface area contributed by atoms with Crippen LogP contribution in [0, 0.1) is 0 Å². The van der Waals surface area contributed by atoms with Crippen molar-refractivity contribution in [2.75, 3.05) is 0 Å². The van der Waals surface area contributed by atoms with E-state index in [9.17, 15) is 0 Å². The van der Waals surface area contributed by atoms with E-state index in [4.69, 9.17) is 10.0 Å². The van der Waals surface area contributed by atoms with Crippen molar-refractivity contribution in [1.82, 2.24) is 0 Å². The van der Waals surface area contributed by atoms with Gasteiger partial charge in [0.2, 0.25) is 0 Å². The molecule has 0 aliphatic heterocycles. The molecule has 0 saturated heterocycles. The third-order valence-corrected chi connectivity index (χ3v) is 0.532. The van der Waals surface area contributed by atoms with Gasteiger partial charge < -0.3 is 14.7 Å². The van der Waals surface area contributed by atoms with E-state index in [1.165, 1.54) is 6.26 Å². The Labute approximate surface area is 48.8 Å². The zero-order chi connectivity index (χ0) is 6.41. The standard InChI is InChI=1S/C4H9BO3/c1-2-3-4-8-5(6)7/h3-4,6-7H,2H2,1H3/b4-3+. The average molecular weight is 116 g/mol. The van der Waals surface area contributed by atoms with Gasteiger partial charge in [0.05, 0.1) is 6.26 Å². The highest BCUT2D eigenvalue weighted by molar-refractivity contribution is 6.32. The first-order valence-corrected chi connectivity index (χ1v) is 2.44. The highest BCUT2D eigenvalue weighted by atomic mass is 16.6. The highest BCUT2D eigenvalue weighted by Crippen LogP contribution is 1.81. The second kappa shape index (κ2) is 4.68. The molecule has 3 nitrogen and oxygen atoms in total. The second-order valence-corrected chi connectivity index (χ2v) is 1.24. The Hall–Kier alpha value is -0.475. The van der Waals surface area contributed by atoms with E-state index >= 15 is 0 Å². The fourth-order valence-electron chi connectivity index (χ4n) is 0.222. The fraction of sp³-hybridized carbons (Fsp3) is 0.500. The molecule has 2 N–H and O–H groups in total. The molecule has 46 valence electrons. The van der Waals surface area contributed by atoms with Crippen molar-refractivity contribution in [3.05, 3.63) is 12.3 Å². The number of rotatable bonds is 3. The Balaban J connectivity index is 3.03. The molecule has 0 aliphatic rings. The van der Waals surface area contributed by atoms with E-state index in [1.54, 1.807) is 6.08 Å². The number of hydrogen-bond acceptors (Lipinski definition) is 3. The summed E-state index contributed by atoms with van der Waals surface area (Å²) < 4.78 is 4.21. The van der Waals surface area contributed by atoms with Crippen LogP contribution in [0.5, 0.6) is 0 Å². The zero-order valence-electron chi connectivity index (χ0n) is 4.74. The molecule has 0 aliphatic carbocycles. The van der Waals surface area contributed by atoms with Crippen molar-refractivity contribution in [3.8, 4) is 0 Å². The van der Waals surface area contributed by atoms with E-state index < -0.39 is 7.32 Å². The van der Waals surface area contributed by atoms with Crippen molar-refractivity contribution in [2.24, 2.45) is 0 Å². The molecule has 0 heterocycles. The number of hydrogen-bond donors (Lipinski definition) is 2. The summed E-state index contributed by atoms with van der Waals surface area (Å²) in [6, 6.07) is 0. The van der Waals surface area contributed by atoms with Crippen LogP contribution in [0.25, 0.3) is 0 Å². The summed E-state index contributed by atoms with van der Waals surface area (Å²) in [4.78, 5) is 0. The molecule has 0 fully saturated rings. The van der Waals surface area contributed by atoms with Crippen molar-refractivity contribution in [2.45, 2.75) is 13.3 Å². The molecular weight excluding hydrogens is 107 g/mol. The first-order valence-electron chi connectivity index (χ1n) is 2.44. The molecular formula is C4H9BO3. The van der Waals surface area contributed by atoms with Crippen molar-refractivity contribution in [3.63, 3.8) is 0 Å². The maximum Gasteiger partial charge on any atom is 0.707 e. The maximum atomic E-state index is 8.06. The topological polar surface area (TPSA) is 49.7 Å². The molecule has 0 amide bonds. The zero-order valence-corrected chi connectivity index (χ0v) is 4.74. The monoisotopic (exact) mass is 116 g/mol. The predicted molar refractivity (Wildman–Crippen MR) is 30.7 cm³/mol. The SMILES string of the molecule is CC/C=C/OB(O)O. The average Bonchev–Trinajstić information content (AvgIpc) is 1.66. The molecule has 8 heavy (non-hydrogen) atoms. The maximum absolute atomic E-state index is 8.06. The van der Waals surface area contributed by atoms with Crippen LogP contribution >= 0.6 is 0 Å². The Kier molecular flexibility index (Phi) is 4.40. The van der Waals surface area contributed by atoms with Crippen molar-refractivity contribution >= 4 is 7.32 Å². The van der Waals surface area contributed by atoms with Gasteiger partial charge in [0.15, 0.2) is 0 Å². The van der Waals surface area contributed by atoms with Crippen LogP contribution in [-0.4, -0.2) is 17.4 Å². The summed E-state index contributed by atoms with van der Waals surface area (Å²) >= 11 is 0. The predicted octanol–water partition coefficient (Wildman–Crippen LogP) is -0.104.